The molecule has 1 aromatic rings. The van der Waals surface area contributed by atoms with E-state index in [9.17, 15) is 4.79 Å². The Kier molecular flexibility index (Phi) is 2.40. The van der Waals surface area contributed by atoms with E-state index in [0.29, 0.717) is 12.2 Å². The summed E-state index contributed by atoms with van der Waals surface area (Å²) in [6.45, 7) is 6.05. The number of oxazole rings is 1. The van der Waals surface area contributed by atoms with E-state index in [0.717, 1.165) is 0 Å². The van der Waals surface area contributed by atoms with Crippen LogP contribution in [0, 0.1) is 5.41 Å². The number of carbonyl (C=O) groups is 1. The minimum Gasteiger partial charge on any atom is -0.476 e. The van der Waals surface area contributed by atoms with Gasteiger partial charge in [0.05, 0.1) is 0 Å². The Morgan fingerprint density at radius 1 is 1.62 bits per heavy atom. The third kappa shape index (κ3) is 2.57. The second-order valence-corrected chi connectivity index (χ2v) is 4.17. The van der Waals surface area contributed by atoms with Gasteiger partial charge in [0.2, 0.25) is 0 Å². The number of aromatic nitrogens is 1. The van der Waals surface area contributed by atoms with Gasteiger partial charge >= 0.3 is 5.97 Å². The fraction of sp³-hybridized carbons (Fsp3) is 0.556. The molecule has 0 atom stereocenters. The Labute approximate surface area is 76.6 Å². The number of hydrogen-bond donors (Lipinski definition) is 1. The molecule has 0 saturated carbocycles. The summed E-state index contributed by atoms with van der Waals surface area (Å²) >= 11 is 0. The van der Waals surface area contributed by atoms with Crippen molar-refractivity contribution in [2.45, 2.75) is 27.2 Å². The van der Waals surface area contributed by atoms with Gasteiger partial charge in [0.15, 0.2) is 12.1 Å². The molecule has 0 saturated heterocycles. The number of hydrogen-bond acceptors (Lipinski definition) is 3. The summed E-state index contributed by atoms with van der Waals surface area (Å²) in [5, 5.41) is 8.73. The van der Waals surface area contributed by atoms with Crippen molar-refractivity contribution in [2.24, 2.45) is 5.41 Å². The van der Waals surface area contributed by atoms with Crippen molar-refractivity contribution >= 4 is 5.97 Å². The maximum atomic E-state index is 10.6. The van der Waals surface area contributed by atoms with Gasteiger partial charge < -0.3 is 9.52 Å². The standard InChI is InChI=1S/C9H13NO3/c1-9(2,3)4-6-7(8(11)12)10-5-13-6/h5H,4H2,1-3H3,(H,11,12). The van der Waals surface area contributed by atoms with Crippen LogP contribution in [0.2, 0.25) is 0 Å². The SMILES string of the molecule is CC(C)(C)Cc1ocnc1C(=O)O. The first-order valence-corrected chi connectivity index (χ1v) is 4.06. The van der Waals surface area contributed by atoms with Gasteiger partial charge in [-0.3, -0.25) is 0 Å². The number of carboxylic acid groups (broad SMARTS) is 1. The molecule has 0 fully saturated rings. The number of carboxylic acids is 1. The summed E-state index contributed by atoms with van der Waals surface area (Å²) in [5.74, 6) is -0.590. The van der Waals surface area contributed by atoms with Crippen molar-refractivity contribution in [2.75, 3.05) is 0 Å². The van der Waals surface area contributed by atoms with Crippen LogP contribution >= 0.6 is 0 Å². The van der Waals surface area contributed by atoms with Gasteiger partial charge in [-0.25, -0.2) is 9.78 Å². The van der Waals surface area contributed by atoms with Crippen LogP contribution in [0.15, 0.2) is 10.8 Å². The van der Waals surface area contributed by atoms with Gasteiger partial charge in [0.1, 0.15) is 5.76 Å². The van der Waals surface area contributed by atoms with Gasteiger partial charge in [-0.15, -0.1) is 0 Å². The van der Waals surface area contributed by atoms with E-state index in [1.165, 1.54) is 6.39 Å². The summed E-state index contributed by atoms with van der Waals surface area (Å²) in [6, 6.07) is 0. The fourth-order valence-corrected chi connectivity index (χ4v) is 1.05. The second-order valence-electron chi connectivity index (χ2n) is 4.17. The third-order valence-corrected chi connectivity index (χ3v) is 1.53. The van der Waals surface area contributed by atoms with Crippen molar-refractivity contribution in [1.29, 1.82) is 0 Å². The highest BCUT2D eigenvalue weighted by molar-refractivity contribution is 5.86. The van der Waals surface area contributed by atoms with E-state index in [4.69, 9.17) is 9.52 Å². The third-order valence-electron chi connectivity index (χ3n) is 1.53. The van der Waals surface area contributed by atoms with Gasteiger partial charge in [-0.2, -0.15) is 0 Å². The van der Waals surface area contributed by atoms with Crippen LogP contribution < -0.4 is 0 Å². The normalized spacial score (nSPS) is 11.6. The van der Waals surface area contributed by atoms with E-state index < -0.39 is 5.97 Å². The Bertz CT molecular complexity index is 309. The quantitative estimate of drug-likeness (QED) is 0.761. The molecule has 0 unspecified atom stereocenters. The minimum absolute atomic E-state index is 0.00370. The summed E-state index contributed by atoms with van der Waals surface area (Å²) in [7, 11) is 0. The molecule has 1 aromatic heterocycles. The lowest BCUT2D eigenvalue weighted by molar-refractivity contribution is 0.0688. The molecule has 0 radical (unpaired) electrons. The number of aromatic carboxylic acids is 1. The molecule has 72 valence electrons. The van der Waals surface area contributed by atoms with Crippen LogP contribution in [-0.4, -0.2) is 16.1 Å². The molecule has 0 aliphatic heterocycles. The Hall–Kier alpha value is -1.32. The highest BCUT2D eigenvalue weighted by Crippen LogP contribution is 2.22. The maximum absolute atomic E-state index is 10.6. The average Bonchev–Trinajstić information content (AvgIpc) is 2.31. The first-order valence-electron chi connectivity index (χ1n) is 4.06. The predicted octanol–water partition coefficient (Wildman–Crippen LogP) is 1.96. The lowest BCUT2D eigenvalue weighted by Crippen LogP contribution is -2.12. The molecule has 4 nitrogen and oxygen atoms in total. The van der Waals surface area contributed by atoms with Crippen molar-refractivity contribution in [3.05, 3.63) is 17.8 Å². The Balaban J connectivity index is 2.89. The molecule has 0 aromatic carbocycles. The lowest BCUT2D eigenvalue weighted by Gasteiger charge is -2.15. The zero-order chi connectivity index (χ0) is 10.1. The molecule has 0 aliphatic carbocycles. The van der Waals surface area contributed by atoms with E-state index in [2.05, 4.69) is 4.98 Å². The molecule has 1 heterocycles. The molecule has 13 heavy (non-hydrogen) atoms. The topological polar surface area (TPSA) is 63.3 Å². The summed E-state index contributed by atoms with van der Waals surface area (Å²) in [4.78, 5) is 14.3. The molecular formula is C9H13NO3. The Morgan fingerprint density at radius 3 is 2.69 bits per heavy atom. The van der Waals surface area contributed by atoms with Gasteiger partial charge in [0.25, 0.3) is 0 Å². The van der Waals surface area contributed by atoms with Crippen LogP contribution in [-0.2, 0) is 6.42 Å². The molecule has 4 heteroatoms. The first-order chi connectivity index (χ1) is 5.90. The average molecular weight is 183 g/mol. The zero-order valence-electron chi connectivity index (χ0n) is 8.00. The van der Waals surface area contributed by atoms with Gasteiger partial charge in [-0.05, 0) is 5.41 Å². The molecule has 0 aliphatic rings. The zero-order valence-corrected chi connectivity index (χ0v) is 8.00. The highest BCUT2D eigenvalue weighted by Gasteiger charge is 2.21. The highest BCUT2D eigenvalue weighted by atomic mass is 16.4. The van der Waals surface area contributed by atoms with Crippen LogP contribution in [0.3, 0.4) is 0 Å². The largest absolute Gasteiger partial charge is 0.476 e. The minimum atomic E-state index is -1.03. The molecule has 1 N–H and O–H groups in total. The van der Waals surface area contributed by atoms with Crippen LogP contribution in [0.1, 0.15) is 37.0 Å². The maximum Gasteiger partial charge on any atom is 0.358 e. The van der Waals surface area contributed by atoms with Crippen molar-refractivity contribution in [3.63, 3.8) is 0 Å². The summed E-state index contributed by atoms with van der Waals surface area (Å²) in [6.07, 6.45) is 1.75. The van der Waals surface area contributed by atoms with E-state index in [1.54, 1.807) is 0 Å². The molecule has 0 spiro atoms. The lowest BCUT2D eigenvalue weighted by atomic mass is 9.90. The van der Waals surface area contributed by atoms with Crippen LogP contribution in [0.5, 0.6) is 0 Å². The Morgan fingerprint density at radius 2 is 2.23 bits per heavy atom. The van der Waals surface area contributed by atoms with E-state index in [1.807, 2.05) is 20.8 Å². The van der Waals surface area contributed by atoms with Crippen molar-refractivity contribution in [1.82, 2.24) is 4.98 Å². The smallest absolute Gasteiger partial charge is 0.358 e. The number of nitrogens with zero attached hydrogens (tertiary/aromatic N) is 1. The molecule has 0 bridgehead atoms. The predicted molar refractivity (Wildman–Crippen MR) is 46.6 cm³/mol. The number of rotatable bonds is 2. The van der Waals surface area contributed by atoms with Crippen LogP contribution in [0.4, 0.5) is 0 Å². The monoisotopic (exact) mass is 183 g/mol. The molecular weight excluding hydrogens is 170 g/mol. The summed E-state index contributed by atoms with van der Waals surface area (Å²) < 4.78 is 5.01. The van der Waals surface area contributed by atoms with E-state index in [-0.39, 0.29) is 11.1 Å². The second kappa shape index (κ2) is 3.20. The van der Waals surface area contributed by atoms with Crippen molar-refractivity contribution in [3.8, 4) is 0 Å². The van der Waals surface area contributed by atoms with Crippen molar-refractivity contribution < 1.29 is 14.3 Å². The van der Waals surface area contributed by atoms with Gasteiger partial charge in [0, 0.05) is 6.42 Å². The molecule has 0 amide bonds. The fourth-order valence-electron chi connectivity index (χ4n) is 1.05. The first kappa shape index (κ1) is 9.77. The molecule has 1 rings (SSSR count). The van der Waals surface area contributed by atoms with Crippen LogP contribution in [0.25, 0.3) is 0 Å². The van der Waals surface area contributed by atoms with E-state index >= 15 is 0 Å². The summed E-state index contributed by atoms with van der Waals surface area (Å²) in [5.41, 5.74) is 0.0268. The van der Waals surface area contributed by atoms with Gasteiger partial charge in [-0.1, -0.05) is 20.8 Å².